The van der Waals surface area contributed by atoms with Crippen LogP contribution in [0.3, 0.4) is 0 Å². The number of hydrogen-bond acceptors (Lipinski definition) is 7. The number of aliphatic carboxylic acids is 1. The largest absolute Gasteiger partial charge is 0.482 e. The lowest BCUT2D eigenvalue weighted by Crippen LogP contribution is -2.40. The molecule has 1 aromatic heterocycles. The standard InChI is InChI=1S/C30H32N2O6S/c1-5-7-23-26(29(36)37-6-2)27(21-12-10-20(11-13-21)18(3)4)32-28(35)24(39-30(32)31-23)16-19-8-14-22(15-9-19)38-17-25(33)34/h8-16,18,27H,5-7,17H2,1-4H3,(H,33,34)/b24-16-/t27-/m0/s1. The molecule has 1 aliphatic heterocycles. The Morgan fingerprint density at radius 2 is 1.79 bits per heavy atom. The van der Waals surface area contributed by atoms with Crippen LogP contribution in [0.1, 0.15) is 69.2 Å². The van der Waals surface area contributed by atoms with Gasteiger partial charge in [-0.15, -0.1) is 0 Å². The van der Waals surface area contributed by atoms with Gasteiger partial charge in [-0.2, -0.15) is 0 Å². The number of carboxylic acids is 1. The number of allylic oxidation sites excluding steroid dienone is 1. The SMILES string of the molecule is CCCC1=C(C(=O)OCC)[C@H](c2ccc(C(C)C)cc2)n2c(s/c(=C\c3ccc(OCC(=O)O)cc3)c2=O)=N1. The average molecular weight is 549 g/mol. The van der Waals surface area contributed by atoms with Crippen molar-refractivity contribution in [2.75, 3.05) is 13.2 Å². The second kappa shape index (κ2) is 12.3. The molecule has 204 valence electrons. The Morgan fingerprint density at radius 3 is 2.38 bits per heavy atom. The van der Waals surface area contributed by atoms with Gasteiger partial charge in [-0.1, -0.05) is 74.9 Å². The lowest BCUT2D eigenvalue weighted by molar-refractivity contribution is -0.140. The first-order valence-corrected chi connectivity index (χ1v) is 13.8. The molecule has 0 spiro atoms. The molecule has 4 rings (SSSR count). The Balaban J connectivity index is 1.86. The fraction of sp³-hybridized carbons (Fsp3) is 0.333. The first-order chi connectivity index (χ1) is 18.7. The zero-order valence-electron chi connectivity index (χ0n) is 22.5. The summed E-state index contributed by atoms with van der Waals surface area (Å²) < 4.78 is 12.7. The molecule has 0 fully saturated rings. The van der Waals surface area contributed by atoms with Crippen molar-refractivity contribution in [3.8, 4) is 5.75 Å². The average Bonchev–Trinajstić information content (AvgIpc) is 3.22. The maximum atomic E-state index is 13.8. The van der Waals surface area contributed by atoms with Gasteiger partial charge in [-0.05, 0) is 54.2 Å². The molecule has 39 heavy (non-hydrogen) atoms. The minimum atomic E-state index is -1.06. The minimum Gasteiger partial charge on any atom is -0.482 e. The molecule has 3 aromatic rings. The number of hydrogen-bond donors (Lipinski definition) is 1. The van der Waals surface area contributed by atoms with Crippen molar-refractivity contribution in [3.63, 3.8) is 0 Å². The number of aromatic nitrogens is 1. The zero-order chi connectivity index (χ0) is 28.1. The summed E-state index contributed by atoms with van der Waals surface area (Å²) in [5, 5.41) is 8.80. The van der Waals surface area contributed by atoms with Crippen LogP contribution in [0.25, 0.3) is 6.08 Å². The first-order valence-electron chi connectivity index (χ1n) is 13.0. The van der Waals surface area contributed by atoms with Crippen LogP contribution in [0.15, 0.2) is 69.6 Å². The summed E-state index contributed by atoms with van der Waals surface area (Å²) in [7, 11) is 0. The second-order valence-electron chi connectivity index (χ2n) is 9.49. The third-order valence-electron chi connectivity index (χ3n) is 6.35. The summed E-state index contributed by atoms with van der Waals surface area (Å²) >= 11 is 1.27. The fourth-order valence-corrected chi connectivity index (χ4v) is 5.48. The Labute approximate surface area is 230 Å². The van der Waals surface area contributed by atoms with Crippen molar-refractivity contribution in [3.05, 3.63) is 96.2 Å². The number of thiazole rings is 1. The lowest BCUT2D eigenvalue weighted by Gasteiger charge is -2.26. The van der Waals surface area contributed by atoms with E-state index in [0.29, 0.717) is 38.7 Å². The van der Waals surface area contributed by atoms with Crippen LogP contribution in [-0.4, -0.2) is 34.8 Å². The summed E-state index contributed by atoms with van der Waals surface area (Å²) in [6, 6.07) is 14.2. The van der Waals surface area contributed by atoms with Crippen LogP contribution >= 0.6 is 11.3 Å². The van der Waals surface area contributed by atoms with Crippen molar-refractivity contribution in [1.29, 1.82) is 0 Å². The number of nitrogens with zero attached hydrogens (tertiary/aromatic N) is 2. The zero-order valence-corrected chi connectivity index (χ0v) is 23.3. The fourth-order valence-electron chi connectivity index (χ4n) is 4.46. The predicted molar refractivity (Wildman–Crippen MR) is 150 cm³/mol. The van der Waals surface area contributed by atoms with Gasteiger partial charge < -0.3 is 14.6 Å². The first kappa shape index (κ1) is 28.0. The molecule has 8 nitrogen and oxygen atoms in total. The summed E-state index contributed by atoms with van der Waals surface area (Å²) in [5.41, 5.74) is 3.52. The van der Waals surface area contributed by atoms with E-state index in [-0.39, 0.29) is 12.2 Å². The Kier molecular flexibility index (Phi) is 8.81. The van der Waals surface area contributed by atoms with E-state index in [1.807, 2.05) is 31.2 Å². The third-order valence-corrected chi connectivity index (χ3v) is 7.33. The van der Waals surface area contributed by atoms with Crippen molar-refractivity contribution in [1.82, 2.24) is 4.57 Å². The van der Waals surface area contributed by atoms with Gasteiger partial charge in [0.2, 0.25) is 0 Å². The van der Waals surface area contributed by atoms with Crippen LogP contribution in [0.5, 0.6) is 5.75 Å². The Bertz CT molecular complexity index is 1560. The number of fused-ring (bicyclic) bond motifs is 1. The van der Waals surface area contributed by atoms with E-state index in [1.165, 1.54) is 11.3 Å². The van der Waals surface area contributed by atoms with Gasteiger partial charge in [0.25, 0.3) is 5.56 Å². The van der Waals surface area contributed by atoms with Gasteiger partial charge >= 0.3 is 11.9 Å². The normalized spacial score (nSPS) is 15.2. The summed E-state index contributed by atoms with van der Waals surface area (Å²) in [6.45, 7) is 7.81. The van der Waals surface area contributed by atoms with Crippen LogP contribution in [-0.2, 0) is 14.3 Å². The van der Waals surface area contributed by atoms with E-state index in [2.05, 4.69) is 13.8 Å². The topological polar surface area (TPSA) is 107 Å². The van der Waals surface area contributed by atoms with Gasteiger partial charge in [0.15, 0.2) is 11.4 Å². The number of carbonyl (C=O) groups excluding carboxylic acids is 1. The van der Waals surface area contributed by atoms with Gasteiger partial charge in [-0.3, -0.25) is 9.36 Å². The summed E-state index contributed by atoms with van der Waals surface area (Å²) in [4.78, 5) is 43.2. The monoisotopic (exact) mass is 548 g/mol. The van der Waals surface area contributed by atoms with E-state index in [0.717, 1.165) is 23.1 Å². The van der Waals surface area contributed by atoms with E-state index in [1.54, 1.807) is 41.8 Å². The Morgan fingerprint density at radius 1 is 1.10 bits per heavy atom. The summed E-state index contributed by atoms with van der Waals surface area (Å²) in [6.07, 6.45) is 3.13. The van der Waals surface area contributed by atoms with Crippen molar-refractivity contribution >= 4 is 29.4 Å². The van der Waals surface area contributed by atoms with Gasteiger partial charge in [-0.25, -0.2) is 14.6 Å². The molecule has 1 N–H and O–H groups in total. The Hall–Kier alpha value is -3.98. The van der Waals surface area contributed by atoms with Crippen molar-refractivity contribution < 1.29 is 24.2 Å². The molecular weight excluding hydrogens is 516 g/mol. The molecule has 2 aromatic carbocycles. The highest BCUT2D eigenvalue weighted by Gasteiger charge is 2.34. The molecule has 2 heterocycles. The van der Waals surface area contributed by atoms with Crippen molar-refractivity contribution in [2.45, 2.75) is 52.5 Å². The van der Waals surface area contributed by atoms with Crippen LogP contribution in [0, 0.1) is 0 Å². The van der Waals surface area contributed by atoms with E-state index in [4.69, 9.17) is 19.6 Å². The molecule has 0 unspecified atom stereocenters. The van der Waals surface area contributed by atoms with Gasteiger partial charge in [0.05, 0.1) is 28.5 Å². The van der Waals surface area contributed by atoms with E-state index < -0.39 is 24.6 Å². The molecule has 9 heteroatoms. The van der Waals surface area contributed by atoms with E-state index in [9.17, 15) is 14.4 Å². The van der Waals surface area contributed by atoms with Gasteiger partial charge in [0.1, 0.15) is 5.75 Å². The predicted octanol–water partition coefficient (Wildman–Crippen LogP) is 4.17. The maximum absolute atomic E-state index is 13.8. The van der Waals surface area contributed by atoms with Crippen LogP contribution < -0.4 is 19.6 Å². The highest BCUT2D eigenvalue weighted by molar-refractivity contribution is 7.07. The maximum Gasteiger partial charge on any atom is 0.341 e. The number of rotatable bonds is 10. The summed E-state index contributed by atoms with van der Waals surface area (Å²) in [5.74, 6) is -0.756. The number of carbonyl (C=O) groups is 2. The molecule has 0 radical (unpaired) electrons. The van der Waals surface area contributed by atoms with Crippen LogP contribution in [0.2, 0.25) is 0 Å². The van der Waals surface area contributed by atoms with Gasteiger partial charge in [0, 0.05) is 0 Å². The highest BCUT2D eigenvalue weighted by atomic mass is 32.1. The van der Waals surface area contributed by atoms with Crippen LogP contribution in [0.4, 0.5) is 0 Å². The van der Waals surface area contributed by atoms with E-state index >= 15 is 0 Å². The lowest BCUT2D eigenvalue weighted by atomic mass is 9.92. The molecule has 0 aliphatic carbocycles. The highest BCUT2D eigenvalue weighted by Crippen LogP contribution is 2.33. The molecule has 0 saturated carbocycles. The third kappa shape index (κ3) is 6.20. The number of esters is 1. The molecule has 1 atom stereocenters. The molecule has 1 aliphatic rings. The molecule has 0 saturated heterocycles. The molecule has 0 amide bonds. The molecule has 0 bridgehead atoms. The van der Waals surface area contributed by atoms with Crippen molar-refractivity contribution in [2.24, 2.45) is 4.99 Å². The number of benzene rings is 2. The smallest absolute Gasteiger partial charge is 0.341 e. The second-order valence-corrected chi connectivity index (χ2v) is 10.5. The quantitative estimate of drug-likeness (QED) is 0.381. The number of ether oxygens (including phenoxy) is 2. The number of carboxylic acid groups (broad SMARTS) is 1. The minimum absolute atomic E-state index is 0.220. The molecular formula is C30H32N2O6S.